The van der Waals surface area contributed by atoms with Crippen LogP contribution in [0.3, 0.4) is 0 Å². The number of hydrogen-bond acceptors (Lipinski definition) is 5. The van der Waals surface area contributed by atoms with Gasteiger partial charge < -0.3 is 15.3 Å². The summed E-state index contributed by atoms with van der Waals surface area (Å²) < 4.78 is 0. The molecule has 2 atom stereocenters. The lowest BCUT2D eigenvalue weighted by Crippen LogP contribution is -2.19. The summed E-state index contributed by atoms with van der Waals surface area (Å²) in [5.74, 6) is -0.505. The quantitative estimate of drug-likeness (QED) is 0.401. The number of nitrogens with zero attached hydrogens (tertiary/aromatic N) is 2. The van der Waals surface area contributed by atoms with E-state index in [1.165, 1.54) is 0 Å². The Bertz CT molecular complexity index is 1130. The first-order valence-electron chi connectivity index (χ1n) is 10.7. The van der Waals surface area contributed by atoms with Crippen molar-refractivity contribution in [3.05, 3.63) is 77.0 Å². The molecular formula is C26H27ClN2O4. The predicted molar refractivity (Wildman–Crippen MR) is 130 cm³/mol. The number of aromatic nitrogens is 2. The number of carboxylic acids is 1. The van der Waals surface area contributed by atoms with Gasteiger partial charge in [-0.1, -0.05) is 80.1 Å². The highest BCUT2D eigenvalue weighted by Crippen LogP contribution is 2.32. The van der Waals surface area contributed by atoms with Crippen LogP contribution in [-0.2, 0) is 4.79 Å². The fourth-order valence-electron chi connectivity index (χ4n) is 3.51. The molecule has 0 aliphatic heterocycles. The third-order valence-electron chi connectivity index (χ3n) is 5.06. The molecule has 3 N–H and O–H groups in total. The summed E-state index contributed by atoms with van der Waals surface area (Å²) >= 11 is 6.19. The third kappa shape index (κ3) is 6.71. The molecule has 172 valence electrons. The summed E-state index contributed by atoms with van der Waals surface area (Å²) in [6.07, 6.45) is 0.632. The highest BCUT2D eigenvalue weighted by atomic mass is 35.5. The molecular weight excluding hydrogens is 440 g/mol. The average Bonchev–Trinajstić information content (AvgIpc) is 2.77. The van der Waals surface area contributed by atoms with Crippen LogP contribution in [-0.4, -0.2) is 43.5 Å². The minimum atomic E-state index is -1.14. The van der Waals surface area contributed by atoms with Crippen LogP contribution in [0.2, 0.25) is 5.02 Å². The molecule has 33 heavy (non-hydrogen) atoms. The van der Waals surface area contributed by atoms with Crippen LogP contribution in [0.15, 0.2) is 60.7 Å². The third-order valence-corrected chi connectivity index (χ3v) is 5.30. The molecule has 2 unspecified atom stereocenters. The van der Waals surface area contributed by atoms with Gasteiger partial charge in [-0.2, -0.15) is 0 Å². The van der Waals surface area contributed by atoms with Crippen LogP contribution in [0.1, 0.15) is 43.9 Å². The van der Waals surface area contributed by atoms with Gasteiger partial charge >= 0.3 is 5.97 Å². The molecule has 0 saturated carbocycles. The SMILES string of the molecule is CC(C)c1nc(-c2cccc(Cl)c2)nc(-c2ccccc2)c1/C=C/C(O)CC(O)CC(=O)O. The van der Waals surface area contributed by atoms with Gasteiger partial charge in [0.25, 0.3) is 0 Å². The minimum absolute atomic E-state index is 0.0581. The van der Waals surface area contributed by atoms with E-state index < -0.39 is 24.6 Å². The Morgan fingerprint density at radius 2 is 1.73 bits per heavy atom. The van der Waals surface area contributed by atoms with E-state index >= 15 is 0 Å². The van der Waals surface area contributed by atoms with Gasteiger partial charge in [-0.05, 0) is 18.1 Å². The number of carboxylic acid groups (broad SMARTS) is 1. The monoisotopic (exact) mass is 466 g/mol. The van der Waals surface area contributed by atoms with Crippen LogP contribution in [0.25, 0.3) is 28.7 Å². The average molecular weight is 467 g/mol. The second-order valence-corrected chi connectivity index (χ2v) is 8.58. The van der Waals surface area contributed by atoms with E-state index in [-0.39, 0.29) is 12.3 Å². The second kappa shape index (κ2) is 11.2. The number of hydrogen-bond donors (Lipinski definition) is 3. The number of aliphatic hydroxyl groups excluding tert-OH is 2. The first-order chi connectivity index (χ1) is 15.7. The number of benzene rings is 2. The summed E-state index contributed by atoms with van der Waals surface area (Å²) in [4.78, 5) is 20.4. The smallest absolute Gasteiger partial charge is 0.305 e. The first kappa shape index (κ1) is 24.6. The Morgan fingerprint density at radius 3 is 2.36 bits per heavy atom. The van der Waals surface area contributed by atoms with Crippen molar-refractivity contribution in [2.75, 3.05) is 0 Å². The topological polar surface area (TPSA) is 104 Å². The van der Waals surface area contributed by atoms with Crippen molar-refractivity contribution >= 4 is 23.6 Å². The molecule has 0 bridgehead atoms. The van der Waals surface area contributed by atoms with Crippen molar-refractivity contribution in [3.63, 3.8) is 0 Å². The van der Waals surface area contributed by atoms with Gasteiger partial charge in [0.2, 0.25) is 0 Å². The molecule has 6 nitrogen and oxygen atoms in total. The van der Waals surface area contributed by atoms with Crippen molar-refractivity contribution in [1.82, 2.24) is 9.97 Å². The maximum atomic E-state index is 10.8. The molecule has 0 amide bonds. The molecule has 0 aliphatic rings. The first-order valence-corrected chi connectivity index (χ1v) is 11.1. The van der Waals surface area contributed by atoms with E-state index in [4.69, 9.17) is 26.7 Å². The Morgan fingerprint density at radius 1 is 1.03 bits per heavy atom. The summed E-state index contributed by atoms with van der Waals surface area (Å²) in [7, 11) is 0. The summed E-state index contributed by atoms with van der Waals surface area (Å²) in [5.41, 5.74) is 3.96. The van der Waals surface area contributed by atoms with Gasteiger partial charge in [-0.3, -0.25) is 4.79 Å². The number of aliphatic hydroxyl groups is 2. The van der Waals surface area contributed by atoms with Crippen LogP contribution in [0, 0.1) is 0 Å². The number of aliphatic carboxylic acids is 1. The normalized spacial score (nSPS) is 13.4. The van der Waals surface area contributed by atoms with E-state index in [1.807, 2.05) is 62.4 Å². The van der Waals surface area contributed by atoms with Gasteiger partial charge in [0.1, 0.15) is 0 Å². The van der Waals surface area contributed by atoms with Crippen molar-refractivity contribution in [1.29, 1.82) is 0 Å². The van der Waals surface area contributed by atoms with Crippen molar-refractivity contribution in [3.8, 4) is 22.6 Å². The molecule has 0 fully saturated rings. The Hall–Kier alpha value is -3.06. The van der Waals surface area contributed by atoms with E-state index in [9.17, 15) is 15.0 Å². The van der Waals surface area contributed by atoms with E-state index in [1.54, 1.807) is 18.2 Å². The summed E-state index contributed by atoms with van der Waals surface area (Å²) in [6.45, 7) is 4.06. The van der Waals surface area contributed by atoms with Crippen molar-refractivity contribution in [2.45, 2.75) is 44.8 Å². The molecule has 0 radical (unpaired) electrons. The lowest BCUT2D eigenvalue weighted by Gasteiger charge is -2.17. The zero-order chi connectivity index (χ0) is 24.0. The van der Waals surface area contributed by atoms with Gasteiger partial charge in [0, 0.05) is 28.1 Å². The van der Waals surface area contributed by atoms with Gasteiger partial charge in [0.15, 0.2) is 5.82 Å². The summed E-state index contributed by atoms with van der Waals surface area (Å²) in [6, 6.07) is 17.1. The van der Waals surface area contributed by atoms with Crippen molar-refractivity contribution in [2.24, 2.45) is 0 Å². The number of rotatable bonds is 9. The molecule has 1 heterocycles. The molecule has 2 aromatic carbocycles. The largest absolute Gasteiger partial charge is 0.481 e. The van der Waals surface area contributed by atoms with Crippen LogP contribution < -0.4 is 0 Å². The van der Waals surface area contributed by atoms with E-state index in [2.05, 4.69) is 0 Å². The number of carbonyl (C=O) groups is 1. The highest BCUT2D eigenvalue weighted by molar-refractivity contribution is 6.30. The fraction of sp³-hybridized carbons (Fsp3) is 0.269. The molecule has 7 heteroatoms. The number of halogens is 1. The van der Waals surface area contributed by atoms with Crippen molar-refractivity contribution < 1.29 is 20.1 Å². The zero-order valence-electron chi connectivity index (χ0n) is 18.5. The molecule has 0 spiro atoms. The Labute approximate surface area is 198 Å². The fourth-order valence-corrected chi connectivity index (χ4v) is 3.70. The van der Waals surface area contributed by atoms with Crippen LogP contribution in [0.5, 0.6) is 0 Å². The maximum Gasteiger partial charge on any atom is 0.305 e. The second-order valence-electron chi connectivity index (χ2n) is 8.14. The lowest BCUT2D eigenvalue weighted by atomic mass is 9.96. The summed E-state index contributed by atoms with van der Waals surface area (Å²) in [5, 5.41) is 29.6. The van der Waals surface area contributed by atoms with Crippen LogP contribution >= 0.6 is 11.6 Å². The molecule has 0 saturated heterocycles. The Kier molecular flexibility index (Phi) is 8.33. The van der Waals surface area contributed by atoms with Crippen LogP contribution in [0.4, 0.5) is 0 Å². The van der Waals surface area contributed by atoms with E-state index in [0.29, 0.717) is 16.5 Å². The van der Waals surface area contributed by atoms with Gasteiger partial charge in [-0.25, -0.2) is 9.97 Å². The minimum Gasteiger partial charge on any atom is -0.481 e. The highest BCUT2D eigenvalue weighted by Gasteiger charge is 2.19. The predicted octanol–water partition coefficient (Wildman–Crippen LogP) is 5.19. The standard InChI is InChI=1S/C26H27ClN2O4/c1-16(2)24-22(12-11-20(30)14-21(31)15-23(32)33)25(17-7-4-3-5-8-17)29-26(28-24)18-9-6-10-19(27)13-18/h3-13,16,20-21,30-31H,14-15H2,1-2H3,(H,32,33)/b12-11+. The van der Waals surface area contributed by atoms with E-state index in [0.717, 1.165) is 22.4 Å². The zero-order valence-corrected chi connectivity index (χ0v) is 19.3. The lowest BCUT2D eigenvalue weighted by molar-refractivity contribution is -0.139. The van der Waals surface area contributed by atoms with Gasteiger partial charge in [-0.15, -0.1) is 0 Å². The molecule has 3 aromatic rings. The molecule has 3 rings (SSSR count). The van der Waals surface area contributed by atoms with Gasteiger partial charge in [0.05, 0.1) is 30.0 Å². The maximum absolute atomic E-state index is 10.8. The Balaban J connectivity index is 2.08. The molecule has 1 aromatic heterocycles. The molecule has 0 aliphatic carbocycles.